The second-order valence-electron chi connectivity index (χ2n) is 3.30. The van der Waals surface area contributed by atoms with Crippen LogP contribution in [0.2, 0.25) is 5.02 Å². The van der Waals surface area contributed by atoms with E-state index < -0.39 is 6.85 Å². The van der Waals surface area contributed by atoms with E-state index in [1.807, 2.05) is 36.4 Å². The van der Waals surface area contributed by atoms with Crippen molar-refractivity contribution in [3.8, 4) is 16.9 Å². The smallest absolute Gasteiger partial charge is 0.284 e. The van der Waals surface area contributed by atoms with Crippen LogP contribution in [0.25, 0.3) is 11.1 Å². The van der Waals surface area contributed by atoms with Crippen LogP contribution >= 0.6 is 40.9 Å². The lowest BCUT2D eigenvalue weighted by Gasteiger charge is -2.11. The first-order valence-electron chi connectivity index (χ1n) is 4.81. The monoisotopic (exact) mass is 304 g/mol. The van der Waals surface area contributed by atoms with Gasteiger partial charge in [0.1, 0.15) is 5.75 Å². The van der Waals surface area contributed by atoms with Crippen molar-refractivity contribution in [2.24, 2.45) is 0 Å². The highest BCUT2D eigenvalue weighted by Crippen LogP contribution is 2.50. The number of benzene rings is 2. The highest BCUT2D eigenvalue weighted by atomic mass is 35.9. The molecule has 0 radical (unpaired) electrons. The average molecular weight is 306 g/mol. The average Bonchev–Trinajstić information content (AvgIpc) is 2.32. The minimum Gasteiger partial charge on any atom is -0.444 e. The van der Waals surface area contributed by atoms with E-state index in [1.165, 1.54) is 0 Å². The number of hydrogen-bond donors (Lipinski definition) is 0. The fourth-order valence-electron chi connectivity index (χ4n) is 1.50. The minimum atomic E-state index is -1.49. The van der Waals surface area contributed by atoms with Crippen LogP contribution in [-0.2, 0) is 0 Å². The van der Waals surface area contributed by atoms with Crippen LogP contribution in [0.15, 0.2) is 48.5 Å². The molecular weight excluding hydrogens is 297 g/mol. The molecule has 0 unspecified atom stereocenters. The molecule has 0 heterocycles. The zero-order chi connectivity index (χ0) is 12.3. The second-order valence-corrected chi connectivity index (χ2v) is 6.68. The molecule has 0 bridgehead atoms. The van der Waals surface area contributed by atoms with Gasteiger partial charge in [-0.1, -0.05) is 41.9 Å². The molecule has 0 saturated heterocycles. The highest BCUT2D eigenvalue weighted by Gasteiger charge is 2.10. The summed E-state index contributed by atoms with van der Waals surface area (Å²) >= 11 is 17.4. The van der Waals surface area contributed by atoms with E-state index >= 15 is 0 Å². The van der Waals surface area contributed by atoms with E-state index in [0.29, 0.717) is 10.8 Å². The second kappa shape index (κ2) is 5.93. The van der Waals surface area contributed by atoms with Crippen LogP contribution in [0.5, 0.6) is 5.75 Å². The third-order valence-corrected chi connectivity index (χ3v) is 3.18. The topological polar surface area (TPSA) is 9.23 Å². The predicted molar refractivity (Wildman–Crippen MR) is 76.1 cm³/mol. The largest absolute Gasteiger partial charge is 0.444 e. The molecule has 88 valence electrons. The summed E-state index contributed by atoms with van der Waals surface area (Å²) in [5.74, 6) is 0.636. The zero-order valence-corrected chi connectivity index (χ0v) is 11.8. The summed E-state index contributed by atoms with van der Waals surface area (Å²) < 4.78 is 5.39. The maximum atomic E-state index is 5.99. The van der Waals surface area contributed by atoms with E-state index in [9.17, 15) is 0 Å². The summed E-state index contributed by atoms with van der Waals surface area (Å²) in [7, 11) is 0. The molecule has 0 aromatic heterocycles. The van der Waals surface area contributed by atoms with Crippen molar-refractivity contribution in [1.29, 1.82) is 0 Å². The molecule has 2 aromatic rings. The lowest BCUT2D eigenvalue weighted by atomic mass is 10.1. The van der Waals surface area contributed by atoms with Crippen LogP contribution in [-0.4, -0.2) is 0 Å². The Labute approximate surface area is 116 Å². The van der Waals surface area contributed by atoms with Crippen molar-refractivity contribution in [2.45, 2.75) is 0 Å². The molecule has 2 aromatic carbocycles. The van der Waals surface area contributed by atoms with E-state index in [0.717, 1.165) is 11.1 Å². The van der Waals surface area contributed by atoms with Gasteiger partial charge in [-0.05, 0) is 46.2 Å². The predicted octanol–water partition coefficient (Wildman–Crippen LogP) is 6.09. The van der Waals surface area contributed by atoms with Crippen LogP contribution in [0, 0.1) is 0 Å². The third-order valence-electron chi connectivity index (χ3n) is 2.19. The van der Waals surface area contributed by atoms with Crippen molar-refractivity contribution in [3.05, 3.63) is 53.6 Å². The molecule has 0 atom stereocenters. The molecule has 0 N–H and O–H groups in total. The number of rotatable bonds is 3. The normalized spacial score (nSPS) is 10.6. The number of halogens is 3. The number of hydrogen-bond acceptors (Lipinski definition) is 1. The Morgan fingerprint density at radius 1 is 0.941 bits per heavy atom. The molecule has 0 aliphatic carbocycles. The van der Waals surface area contributed by atoms with Gasteiger partial charge in [0, 0.05) is 10.6 Å². The molecule has 1 nitrogen and oxygen atoms in total. The Balaban J connectivity index is 2.47. The zero-order valence-electron chi connectivity index (χ0n) is 8.61. The van der Waals surface area contributed by atoms with Gasteiger partial charge >= 0.3 is 0 Å². The van der Waals surface area contributed by atoms with Gasteiger partial charge in [-0.25, -0.2) is 0 Å². The van der Waals surface area contributed by atoms with Gasteiger partial charge in [0.05, 0.1) is 0 Å². The first-order chi connectivity index (χ1) is 8.16. The summed E-state index contributed by atoms with van der Waals surface area (Å²) in [5.41, 5.74) is 1.89. The molecule has 5 heteroatoms. The Bertz CT molecular complexity index is 502. The van der Waals surface area contributed by atoms with Gasteiger partial charge in [-0.15, -0.1) is 0 Å². The molecule has 17 heavy (non-hydrogen) atoms. The van der Waals surface area contributed by atoms with Crippen LogP contribution in [0.1, 0.15) is 0 Å². The molecule has 0 fully saturated rings. The third kappa shape index (κ3) is 3.50. The standard InChI is InChI=1S/C12H8Cl3OP/c13-10-6-7-12(16-17(14)15)11(8-10)9-4-2-1-3-5-9/h1-8H. The SMILES string of the molecule is Clc1ccc(OP(Cl)Cl)c(-c2ccccc2)c1. The first-order valence-corrected chi connectivity index (χ1v) is 8.26. The molecule has 0 aliphatic rings. The van der Waals surface area contributed by atoms with Gasteiger partial charge in [0.25, 0.3) is 6.85 Å². The van der Waals surface area contributed by atoms with E-state index in [4.69, 9.17) is 38.6 Å². The summed E-state index contributed by atoms with van der Waals surface area (Å²) in [6.07, 6.45) is 0. The van der Waals surface area contributed by atoms with Gasteiger partial charge in [0.15, 0.2) is 0 Å². The van der Waals surface area contributed by atoms with Crippen molar-refractivity contribution < 1.29 is 4.52 Å². The van der Waals surface area contributed by atoms with E-state index in [1.54, 1.807) is 12.1 Å². The van der Waals surface area contributed by atoms with Crippen LogP contribution in [0.4, 0.5) is 0 Å². The Morgan fingerprint density at radius 2 is 1.65 bits per heavy atom. The maximum Gasteiger partial charge on any atom is 0.284 e. The van der Waals surface area contributed by atoms with Crippen LogP contribution < -0.4 is 4.52 Å². The van der Waals surface area contributed by atoms with Gasteiger partial charge in [-0.3, -0.25) is 0 Å². The molecular formula is C12H8Cl3OP. The van der Waals surface area contributed by atoms with E-state index in [-0.39, 0.29) is 0 Å². The fourth-order valence-corrected chi connectivity index (χ4v) is 2.43. The lowest BCUT2D eigenvalue weighted by Crippen LogP contribution is -1.85. The molecule has 0 aliphatic heterocycles. The van der Waals surface area contributed by atoms with Crippen molar-refractivity contribution in [2.75, 3.05) is 0 Å². The van der Waals surface area contributed by atoms with Crippen molar-refractivity contribution in [1.82, 2.24) is 0 Å². The Kier molecular flexibility index (Phi) is 4.53. The molecule has 2 rings (SSSR count). The summed E-state index contributed by atoms with van der Waals surface area (Å²) in [6.45, 7) is -1.49. The van der Waals surface area contributed by atoms with Crippen LogP contribution in [0.3, 0.4) is 0 Å². The lowest BCUT2D eigenvalue weighted by molar-refractivity contribution is 0.640. The van der Waals surface area contributed by atoms with E-state index in [2.05, 4.69) is 0 Å². The summed E-state index contributed by atoms with van der Waals surface area (Å²) in [5, 5.41) is 0.643. The van der Waals surface area contributed by atoms with Gasteiger partial charge in [-0.2, -0.15) is 0 Å². The van der Waals surface area contributed by atoms with Gasteiger partial charge < -0.3 is 4.52 Å². The highest BCUT2D eigenvalue weighted by molar-refractivity contribution is 8.00. The summed E-state index contributed by atoms with van der Waals surface area (Å²) in [6, 6.07) is 15.1. The fraction of sp³-hybridized carbons (Fsp3) is 0. The summed E-state index contributed by atoms with van der Waals surface area (Å²) in [4.78, 5) is 0. The maximum absolute atomic E-state index is 5.99. The Morgan fingerprint density at radius 3 is 2.29 bits per heavy atom. The van der Waals surface area contributed by atoms with Gasteiger partial charge in [0.2, 0.25) is 0 Å². The minimum absolute atomic E-state index is 0.636. The quantitative estimate of drug-likeness (QED) is 0.623. The van der Waals surface area contributed by atoms with Crippen molar-refractivity contribution >= 4 is 40.9 Å². The molecule has 0 spiro atoms. The van der Waals surface area contributed by atoms with Crippen molar-refractivity contribution in [3.63, 3.8) is 0 Å². The Hall–Kier alpha value is -0.460. The first kappa shape index (κ1) is 13.0. The molecule has 0 amide bonds. The molecule has 0 saturated carbocycles.